The van der Waals surface area contributed by atoms with Gasteiger partial charge in [-0.1, -0.05) is 26.7 Å². The first-order valence-electron chi connectivity index (χ1n) is 7.28. The van der Waals surface area contributed by atoms with E-state index in [0.717, 1.165) is 52.4 Å². The van der Waals surface area contributed by atoms with Gasteiger partial charge in [-0.25, -0.2) is 0 Å². The zero-order valence-electron chi connectivity index (χ0n) is 11.8. The maximum absolute atomic E-state index is 5.52. The van der Waals surface area contributed by atoms with Gasteiger partial charge in [0.1, 0.15) is 0 Å². The molecule has 0 amide bonds. The third-order valence-corrected chi connectivity index (χ3v) is 2.54. The van der Waals surface area contributed by atoms with Crippen LogP contribution in [0.15, 0.2) is 0 Å². The highest BCUT2D eigenvalue weighted by Crippen LogP contribution is 1.95. The topological polar surface area (TPSA) is 30.5 Å². The summed E-state index contributed by atoms with van der Waals surface area (Å²) in [5, 5.41) is 3.36. The normalized spacial score (nSPS) is 10.9. The van der Waals surface area contributed by atoms with Crippen molar-refractivity contribution in [3.05, 3.63) is 0 Å². The Morgan fingerprint density at radius 2 is 1.29 bits per heavy atom. The van der Waals surface area contributed by atoms with Crippen molar-refractivity contribution in [3.8, 4) is 0 Å². The van der Waals surface area contributed by atoms with Gasteiger partial charge in [-0.05, 0) is 38.8 Å². The minimum absolute atomic E-state index is 0.835. The molecule has 104 valence electrons. The van der Waals surface area contributed by atoms with Crippen molar-refractivity contribution in [1.29, 1.82) is 0 Å². The highest BCUT2D eigenvalue weighted by atomic mass is 16.5. The first-order valence-corrected chi connectivity index (χ1v) is 7.28. The van der Waals surface area contributed by atoms with Crippen molar-refractivity contribution in [2.24, 2.45) is 0 Å². The van der Waals surface area contributed by atoms with Crippen LogP contribution in [0.1, 0.15) is 52.4 Å². The molecule has 0 saturated heterocycles. The van der Waals surface area contributed by atoms with Crippen molar-refractivity contribution in [1.82, 2.24) is 5.32 Å². The van der Waals surface area contributed by atoms with Gasteiger partial charge >= 0.3 is 0 Å². The predicted molar refractivity (Wildman–Crippen MR) is 73.6 cm³/mol. The van der Waals surface area contributed by atoms with Gasteiger partial charge < -0.3 is 14.8 Å². The summed E-state index contributed by atoms with van der Waals surface area (Å²) in [6.07, 6.45) is 7.07. The van der Waals surface area contributed by atoms with Crippen molar-refractivity contribution in [2.45, 2.75) is 52.4 Å². The minimum Gasteiger partial charge on any atom is -0.381 e. The molecule has 0 aromatic rings. The Morgan fingerprint density at radius 1 is 0.647 bits per heavy atom. The van der Waals surface area contributed by atoms with Crippen LogP contribution in [0.25, 0.3) is 0 Å². The lowest BCUT2D eigenvalue weighted by atomic mass is 10.3. The Balaban J connectivity index is 2.85. The molecule has 0 aliphatic heterocycles. The zero-order chi connectivity index (χ0) is 12.6. The van der Waals surface area contributed by atoms with Gasteiger partial charge in [-0.15, -0.1) is 0 Å². The molecule has 0 aromatic heterocycles. The zero-order valence-corrected chi connectivity index (χ0v) is 11.8. The Kier molecular flexibility index (Phi) is 15.8. The Hall–Kier alpha value is -0.120. The number of hydrogen-bond acceptors (Lipinski definition) is 3. The molecule has 3 heteroatoms. The van der Waals surface area contributed by atoms with Gasteiger partial charge in [0.05, 0.1) is 0 Å². The van der Waals surface area contributed by atoms with Crippen LogP contribution in [0.4, 0.5) is 0 Å². The molecule has 17 heavy (non-hydrogen) atoms. The standard InChI is InChI=1S/C14H31NO2/c1-3-5-6-11-16-13-8-14-17-12-7-10-15-9-4-2/h15H,3-14H2,1-2H3. The van der Waals surface area contributed by atoms with E-state index >= 15 is 0 Å². The summed E-state index contributed by atoms with van der Waals surface area (Å²) in [4.78, 5) is 0. The molecule has 0 atom stereocenters. The summed E-state index contributed by atoms with van der Waals surface area (Å²) in [7, 11) is 0. The molecule has 3 nitrogen and oxygen atoms in total. The molecule has 0 aliphatic carbocycles. The smallest absolute Gasteiger partial charge is 0.0487 e. The maximum Gasteiger partial charge on any atom is 0.0487 e. The van der Waals surface area contributed by atoms with Gasteiger partial charge in [-0.2, -0.15) is 0 Å². The summed E-state index contributed by atoms with van der Waals surface area (Å²) >= 11 is 0. The quantitative estimate of drug-likeness (QED) is 0.477. The number of ether oxygens (including phenoxy) is 2. The minimum atomic E-state index is 0.835. The van der Waals surface area contributed by atoms with Gasteiger partial charge in [0.15, 0.2) is 0 Å². The van der Waals surface area contributed by atoms with E-state index in [9.17, 15) is 0 Å². The fourth-order valence-electron chi connectivity index (χ4n) is 1.52. The molecule has 0 rings (SSSR count). The van der Waals surface area contributed by atoms with Crippen LogP contribution in [0.2, 0.25) is 0 Å². The fraction of sp³-hybridized carbons (Fsp3) is 1.00. The van der Waals surface area contributed by atoms with E-state index in [0.29, 0.717) is 0 Å². The van der Waals surface area contributed by atoms with Crippen LogP contribution in [0, 0.1) is 0 Å². The molecule has 0 spiro atoms. The second-order valence-electron chi connectivity index (χ2n) is 4.39. The predicted octanol–water partition coefficient (Wildman–Crippen LogP) is 2.99. The highest BCUT2D eigenvalue weighted by molar-refractivity contribution is 4.45. The summed E-state index contributed by atoms with van der Waals surface area (Å²) in [5.74, 6) is 0. The molecular formula is C14H31NO2. The molecule has 0 aromatic carbocycles. The van der Waals surface area contributed by atoms with Crippen LogP contribution in [0.3, 0.4) is 0 Å². The van der Waals surface area contributed by atoms with Crippen molar-refractivity contribution in [2.75, 3.05) is 39.5 Å². The molecule has 0 bridgehead atoms. The monoisotopic (exact) mass is 245 g/mol. The molecule has 0 fully saturated rings. The van der Waals surface area contributed by atoms with Gasteiger partial charge in [0, 0.05) is 26.4 Å². The van der Waals surface area contributed by atoms with Crippen LogP contribution in [-0.4, -0.2) is 39.5 Å². The molecule has 0 unspecified atom stereocenters. The lowest BCUT2D eigenvalue weighted by Crippen LogP contribution is -2.17. The van der Waals surface area contributed by atoms with Crippen LogP contribution >= 0.6 is 0 Å². The van der Waals surface area contributed by atoms with E-state index in [1.54, 1.807) is 0 Å². The summed E-state index contributed by atoms with van der Waals surface area (Å²) in [5.41, 5.74) is 0. The number of nitrogens with one attached hydrogen (secondary N) is 1. The second-order valence-corrected chi connectivity index (χ2v) is 4.39. The number of unbranched alkanes of at least 4 members (excludes halogenated alkanes) is 2. The third kappa shape index (κ3) is 15.9. The highest BCUT2D eigenvalue weighted by Gasteiger charge is 1.92. The molecule has 0 saturated carbocycles. The fourth-order valence-corrected chi connectivity index (χ4v) is 1.52. The summed E-state index contributed by atoms with van der Waals surface area (Å²) in [6.45, 7) is 10.0. The Labute approximate surface area is 107 Å². The van der Waals surface area contributed by atoms with Crippen molar-refractivity contribution in [3.63, 3.8) is 0 Å². The lowest BCUT2D eigenvalue weighted by molar-refractivity contribution is 0.0803. The van der Waals surface area contributed by atoms with E-state index in [1.165, 1.54) is 25.7 Å². The van der Waals surface area contributed by atoms with E-state index in [2.05, 4.69) is 19.2 Å². The van der Waals surface area contributed by atoms with Crippen LogP contribution in [0.5, 0.6) is 0 Å². The van der Waals surface area contributed by atoms with E-state index < -0.39 is 0 Å². The number of rotatable bonds is 14. The van der Waals surface area contributed by atoms with Gasteiger partial charge in [-0.3, -0.25) is 0 Å². The van der Waals surface area contributed by atoms with Crippen molar-refractivity contribution >= 4 is 0 Å². The molecule has 0 radical (unpaired) electrons. The SMILES string of the molecule is CCCCCOCCCOCCCNCCC. The molecule has 1 N–H and O–H groups in total. The van der Waals surface area contributed by atoms with E-state index in [-0.39, 0.29) is 0 Å². The largest absolute Gasteiger partial charge is 0.381 e. The Morgan fingerprint density at radius 3 is 1.94 bits per heavy atom. The maximum atomic E-state index is 5.52. The summed E-state index contributed by atoms with van der Waals surface area (Å²) < 4.78 is 11.0. The second kappa shape index (κ2) is 15.9. The summed E-state index contributed by atoms with van der Waals surface area (Å²) in [6, 6.07) is 0. The molecular weight excluding hydrogens is 214 g/mol. The van der Waals surface area contributed by atoms with Gasteiger partial charge in [0.2, 0.25) is 0 Å². The van der Waals surface area contributed by atoms with E-state index in [1.807, 2.05) is 0 Å². The molecule has 0 aliphatic rings. The first-order chi connectivity index (χ1) is 8.41. The first kappa shape index (κ1) is 16.9. The number of hydrogen-bond donors (Lipinski definition) is 1. The van der Waals surface area contributed by atoms with Crippen LogP contribution < -0.4 is 5.32 Å². The lowest BCUT2D eigenvalue weighted by Gasteiger charge is -2.06. The van der Waals surface area contributed by atoms with E-state index in [4.69, 9.17) is 9.47 Å². The molecule has 0 heterocycles. The average molecular weight is 245 g/mol. The van der Waals surface area contributed by atoms with Crippen molar-refractivity contribution < 1.29 is 9.47 Å². The third-order valence-electron chi connectivity index (χ3n) is 2.54. The average Bonchev–Trinajstić information content (AvgIpc) is 2.35. The Bertz CT molecular complexity index is 117. The van der Waals surface area contributed by atoms with Crippen LogP contribution in [-0.2, 0) is 9.47 Å². The van der Waals surface area contributed by atoms with Gasteiger partial charge in [0.25, 0.3) is 0 Å².